The molecule has 2 nitrogen and oxygen atoms in total. The van der Waals surface area contributed by atoms with E-state index in [2.05, 4.69) is 36.2 Å². The van der Waals surface area contributed by atoms with Crippen LogP contribution < -0.4 is 0 Å². The van der Waals surface area contributed by atoms with Gasteiger partial charge in [0.25, 0.3) is 0 Å². The lowest BCUT2D eigenvalue weighted by Gasteiger charge is -1.91. The molecule has 0 saturated carbocycles. The predicted octanol–water partition coefficient (Wildman–Crippen LogP) is 4.04. The minimum Gasteiger partial charge on any atom is -0.307 e. The number of benzene rings is 2. The molecular formula is C17H17NO. The monoisotopic (exact) mass is 251 g/mol. The lowest BCUT2D eigenvalue weighted by atomic mass is 10.2. The van der Waals surface area contributed by atoms with Crippen LogP contribution in [0.5, 0.6) is 0 Å². The third kappa shape index (κ3) is 5.13. The summed E-state index contributed by atoms with van der Waals surface area (Å²) < 4.78 is 0. The van der Waals surface area contributed by atoms with E-state index in [0.29, 0.717) is 0 Å². The van der Waals surface area contributed by atoms with Gasteiger partial charge >= 0.3 is 0 Å². The number of pyridine rings is 1. The first-order valence-electron chi connectivity index (χ1n) is 5.96. The van der Waals surface area contributed by atoms with E-state index < -0.39 is 0 Å². The van der Waals surface area contributed by atoms with Crippen LogP contribution in [0.4, 0.5) is 0 Å². The van der Waals surface area contributed by atoms with Gasteiger partial charge in [0.15, 0.2) is 0 Å². The molecule has 0 aliphatic carbocycles. The zero-order chi connectivity index (χ0) is 13.9. The molecule has 0 radical (unpaired) electrons. The number of carbonyl (C=O) groups is 1. The fraction of sp³-hybridized carbons (Fsp3) is 0.0588. The van der Waals surface area contributed by atoms with Gasteiger partial charge in [-0.25, -0.2) is 0 Å². The van der Waals surface area contributed by atoms with Gasteiger partial charge in [0.1, 0.15) is 6.79 Å². The summed E-state index contributed by atoms with van der Waals surface area (Å²) in [6, 6.07) is 22.3. The number of rotatable bonds is 0. The van der Waals surface area contributed by atoms with Crippen molar-refractivity contribution < 1.29 is 4.79 Å². The fourth-order valence-electron chi connectivity index (χ4n) is 1.55. The van der Waals surface area contributed by atoms with Crippen molar-refractivity contribution in [2.24, 2.45) is 0 Å². The van der Waals surface area contributed by atoms with Crippen LogP contribution in [-0.4, -0.2) is 11.8 Å². The van der Waals surface area contributed by atoms with E-state index in [0.717, 1.165) is 5.52 Å². The topological polar surface area (TPSA) is 30.0 Å². The summed E-state index contributed by atoms with van der Waals surface area (Å²) in [7, 11) is 0. The molecular weight excluding hydrogens is 234 g/mol. The zero-order valence-electron chi connectivity index (χ0n) is 11.0. The lowest BCUT2D eigenvalue weighted by molar-refractivity contribution is -0.0979. The molecule has 3 aromatic rings. The predicted molar refractivity (Wildman–Crippen MR) is 80.0 cm³/mol. The van der Waals surface area contributed by atoms with E-state index in [1.807, 2.05) is 55.5 Å². The van der Waals surface area contributed by atoms with Crippen LogP contribution >= 0.6 is 0 Å². The average Bonchev–Trinajstić information content (AvgIpc) is 2.51. The number of nitrogens with zero attached hydrogens (tertiary/aromatic N) is 1. The van der Waals surface area contributed by atoms with Crippen molar-refractivity contribution in [1.29, 1.82) is 0 Å². The SMILES string of the molecule is C=O.Cc1ccccc1.c1ccc2ncccc2c1. The normalized spacial score (nSPS) is 8.68. The van der Waals surface area contributed by atoms with Gasteiger partial charge in [-0.15, -0.1) is 0 Å². The molecule has 0 aliphatic heterocycles. The van der Waals surface area contributed by atoms with Gasteiger partial charge in [-0.05, 0) is 19.1 Å². The molecule has 0 aliphatic rings. The molecule has 1 aromatic heterocycles. The standard InChI is InChI=1S/C9H7N.C7H8.CH2O/c1-2-6-9-8(4-1)5-3-7-10-9;1-7-5-3-2-4-6-7;1-2/h1-7H;2-6H,1H3;1H2. The smallest absolute Gasteiger partial charge is 0.106 e. The van der Waals surface area contributed by atoms with Gasteiger partial charge in [-0.3, -0.25) is 4.98 Å². The van der Waals surface area contributed by atoms with Crippen LogP contribution in [0.2, 0.25) is 0 Å². The summed E-state index contributed by atoms with van der Waals surface area (Å²) in [5.74, 6) is 0. The Labute approximate surface area is 113 Å². The molecule has 3 rings (SSSR count). The first-order valence-corrected chi connectivity index (χ1v) is 5.96. The Hall–Kier alpha value is -2.48. The molecule has 0 spiro atoms. The number of para-hydroxylation sites is 1. The maximum atomic E-state index is 8.00. The molecule has 2 heteroatoms. The molecule has 0 amide bonds. The van der Waals surface area contributed by atoms with Crippen LogP contribution in [0, 0.1) is 6.92 Å². The highest BCUT2D eigenvalue weighted by atomic mass is 16.1. The zero-order valence-corrected chi connectivity index (χ0v) is 11.0. The Morgan fingerprint density at radius 1 is 0.789 bits per heavy atom. The highest BCUT2D eigenvalue weighted by Crippen LogP contribution is 2.07. The van der Waals surface area contributed by atoms with Crippen LogP contribution in [0.15, 0.2) is 72.9 Å². The third-order valence-corrected chi connectivity index (χ3v) is 2.45. The molecule has 1 heterocycles. The maximum Gasteiger partial charge on any atom is 0.106 e. The lowest BCUT2D eigenvalue weighted by Crippen LogP contribution is -1.73. The molecule has 0 atom stereocenters. The first kappa shape index (κ1) is 14.6. The van der Waals surface area contributed by atoms with Gasteiger partial charge in [0, 0.05) is 11.6 Å². The van der Waals surface area contributed by atoms with Crippen LogP contribution in [0.25, 0.3) is 10.9 Å². The highest BCUT2D eigenvalue weighted by molar-refractivity contribution is 5.77. The summed E-state index contributed by atoms with van der Waals surface area (Å²) in [5.41, 5.74) is 2.38. The van der Waals surface area contributed by atoms with Crippen molar-refractivity contribution in [3.63, 3.8) is 0 Å². The Balaban J connectivity index is 0.000000177. The molecule has 0 bridgehead atoms. The summed E-state index contributed by atoms with van der Waals surface area (Å²) in [4.78, 5) is 12.2. The third-order valence-electron chi connectivity index (χ3n) is 2.45. The quantitative estimate of drug-likeness (QED) is 0.603. The molecule has 0 N–H and O–H groups in total. The van der Waals surface area contributed by atoms with Crippen molar-refractivity contribution in [1.82, 2.24) is 4.98 Å². The van der Waals surface area contributed by atoms with E-state index in [1.54, 1.807) is 0 Å². The Kier molecular flexibility index (Phi) is 6.59. The highest BCUT2D eigenvalue weighted by Gasteiger charge is 1.86. The Morgan fingerprint density at radius 2 is 1.37 bits per heavy atom. The first-order chi connectivity index (χ1) is 9.36. The molecule has 2 aromatic carbocycles. The maximum absolute atomic E-state index is 8.00. The number of hydrogen-bond acceptors (Lipinski definition) is 2. The number of aromatic nitrogens is 1. The minimum absolute atomic E-state index is 1.06. The van der Waals surface area contributed by atoms with Crippen molar-refractivity contribution in [2.75, 3.05) is 0 Å². The number of carbonyl (C=O) groups excluding carboxylic acids is 1. The summed E-state index contributed by atoms with van der Waals surface area (Å²) >= 11 is 0. The molecule has 96 valence electrons. The van der Waals surface area contributed by atoms with Crippen LogP contribution in [-0.2, 0) is 4.79 Å². The van der Waals surface area contributed by atoms with Gasteiger partial charge in [-0.2, -0.15) is 0 Å². The van der Waals surface area contributed by atoms with E-state index in [-0.39, 0.29) is 0 Å². The van der Waals surface area contributed by atoms with Gasteiger partial charge in [0.2, 0.25) is 0 Å². The van der Waals surface area contributed by atoms with E-state index >= 15 is 0 Å². The fourth-order valence-corrected chi connectivity index (χ4v) is 1.55. The van der Waals surface area contributed by atoms with Gasteiger partial charge < -0.3 is 4.79 Å². The molecule has 0 unspecified atom stereocenters. The Morgan fingerprint density at radius 3 is 1.95 bits per heavy atom. The number of aryl methyl sites for hydroxylation is 1. The summed E-state index contributed by atoms with van der Waals surface area (Å²) in [6.45, 7) is 4.08. The van der Waals surface area contributed by atoms with Crippen LogP contribution in [0.1, 0.15) is 5.56 Å². The van der Waals surface area contributed by atoms with Crippen molar-refractivity contribution in [2.45, 2.75) is 6.92 Å². The van der Waals surface area contributed by atoms with Gasteiger partial charge in [-0.1, -0.05) is 60.2 Å². The molecule has 0 saturated heterocycles. The van der Waals surface area contributed by atoms with Crippen molar-refractivity contribution in [3.8, 4) is 0 Å². The van der Waals surface area contributed by atoms with E-state index in [9.17, 15) is 0 Å². The second-order valence-corrected chi connectivity index (χ2v) is 3.85. The van der Waals surface area contributed by atoms with Crippen molar-refractivity contribution in [3.05, 3.63) is 78.5 Å². The average molecular weight is 251 g/mol. The second kappa shape index (κ2) is 8.59. The summed E-state index contributed by atoms with van der Waals surface area (Å²) in [5, 5.41) is 1.20. The Bertz CT molecular complexity index is 528. The molecule has 0 fully saturated rings. The largest absolute Gasteiger partial charge is 0.307 e. The minimum atomic E-state index is 1.06. The van der Waals surface area contributed by atoms with E-state index in [4.69, 9.17) is 4.79 Å². The number of hydrogen-bond donors (Lipinski definition) is 0. The molecule has 19 heavy (non-hydrogen) atoms. The van der Waals surface area contributed by atoms with Crippen LogP contribution in [0.3, 0.4) is 0 Å². The van der Waals surface area contributed by atoms with E-state index in [1.165, 1.54) is 10.9 Å². The second-order valence-electron chi connectivity index (χ2n) is 3.85. The van der Waals surface area contributed by atoms with Gasteiger partial charge in [0.05, 0.1) is 5.52 Å². The number of fused-ring (bicyclic) bond motifs is 1. The van der Waals surface area contributed by atoms with Crippen molar-refractivity contribution >= 4 is 17.7 Å². The summed E-state index contributed by atoms with van der Waals surface area (Å²) in [6.07, 6.45) is 1.81.